The molecular weight excluding hydrogens is 366 g/mol. The second kappa shape index (κ2) is 8.25. The van der Waals surface area contributed by atoms with E-state index in [0.29, 0.717) is 30.0 Å². The molecule has 0 spiro atoms. The average Bonchev–Trinajstić information content (AvgIpc) is 3.34. The molecule has 3 aromatic rings. The first-order valence-corrected chi connectivity index (χ1v) is 10.1. The lowest BCUT2D eigenvalue weighted by atomic mass is 10.1. The monoisotopic (exact) mass is 385 g/mol. The molecule has 0 fully saturated rings. The van der Waals surface area contributed by atoms with Crippen LogP contribution in [0.2, 0.25) is 0 Å². The van der Waals surface area contributed by atoms with Crippen molar-refractivity contribution in [1.29, 1.82) is 0 Å². The van der Waals surface area contributed by atoms with Crippen LogP contribution in [0.5, 0.6) is 0 Å². The van der Waals surface area contributed by atoms with Crippen LogP contribution < -0.4 is 5.32 Å². The number of aromatic nitrogens is 1. The lowest BCUT2D eigenvalue weighted by molar-refractivity contribution is 0.0772. The van der Waals surface area contributed by atoms with Crippen molar-refractivity contribution < 1.29 is 9.59 Å². The van der Waals surface area contributed by atoms with Gasteiger partial charge in [-0.25, -0.2) is 4.98 Å². The van der Waals surface area contributed by atoms with Gasteiger partial charge in [0, 0.05) is 29.7 Å². The zero-order valence-corrected chi connectivity index (χ0v) is 16.2. The highest BCUT2D eigenvalue weighted by Crippen LogP contribution is 2.28. The van der Waals surface area contributed by atoms with Crippen LogP contribution in [0.3, 0.4) is 0 Å². The minimum Gasteiger partial charge on any atom is -0.339 e. The molecule has 2 aromatic heterocycles. The fourth-order valence-corrected chi connectivity index (χ4v) is 4.12. The third kappa shape index (κ3) is 4.00. The van der Waals surface area contributed by atoms with Crippen LogP contribution in [0.1, 0.15) is 34.7 Å². The molecule has 0 saturated heterocycles. The number of rotatable bonds is 6. The number of nitrogens with zero attached hydrogens (tertiary/aromatic N) is 2. The van der Waals surface area contributed by atoms with Gasteiger partial charge >= 0.3 is 0 Å². The number of carbonyl (C=O) groups excluding carboxylic acids is 2. The van der Waals surface area contributed by atoms with E-state index in [1.54, 1.807) is 45.9 Å². The van der Waals surface area contributed by atoms with Gasteiger partial charge in [0.1, 0.15) is 10.7 Å². The number of carbonyl (C=O) groups is 2. The van der Waals surface area contributed by atoms with Crippen molar-refractivity contribution in [3.05, 3.63) is 58.4 Å². The van der Waals surface area contributed by atoms with Gasteiger partial charge in [0.2, 0.25) is 0 Å². The van der Waals surface area contributed by atoms with Crippen LogP contribution in [-0.4, -0.2) is 34.8 Å². The first-order chi connectivity index (χ1) is 12.6. The smallest absolute Gasteiger partial charge is 0.275 e. The Morgan fingerprint density at radius 2 is 1.92 bits per heavy atom. The molecule has 1 N–H and O–H groups in total. The standard InChI is InChI=1S/C19H19N3O2S2/c1-3-22(4-2)19(24)13-7-5-8-14(11-13)20-17(23)15-12-26-18(21-15)16-9-6-10-25-16/h5-12H,3-4H2,1-2H3,(H,20,23). The van der Waals surface area contributed by atoms with Crippen LogP contribution in [0, 0.1) is 0 Å². The molecular formula is C19H19N3O2S2. The number of hydrogen-bond donors (Lipinski definition) is 1. The summed E-state index contributed by atoms with van der Waals surface area (Å²) in [6.07, 6.45) is 0. The van der Waals surface area contributed by atoms with Crippen LogP contribution in [0.25, 0.3) is 9.88 Å². The molecule has 0 aliphatic carbocycles. The Morgan fingerprint density at radius 1 is 1.12 bits per heavy atom. The summed E-state index contributed by atoms with van der Waals surface area (Å²) in [4.78, 5) is 32.1. The number of amides is 2. The number of hydrogen-bond acceptors (Lipinski definition) is 5. The molecule has 2 amide bonds. The fourth-order valence-electron chi connectivity index (χ4n) is 2.51. The van der Waals surface area contributed by atoms with E-state index in [9.17, 15) is 9.59 Å². The zero-order chi connectivity index (χ0) is 18.5. The van der Waals surface area contributed by atoms with E-state index in [1.807, 2.05) is 31.4 Å². The van der Waals surface area contributed by atoms with Gasteiger partial charge in [-0.3, -0.25) is 9.59 Å². The van der Waals surface area contributed by atoms with E-state index in [2.05, 4.69) is 10.3 Å². The van der Waals surface area contributed by atoms with Crippen molar-refractivity contribution in [2.24, 2.45) is 0 Å². The quantitative estimate of drug-likeness (QED) is 0.674. The molecule has 3 rings (SSSR count). The topological polar surface area (TPSA) is 62.3 Å². The second-order valence-electron chi connectivity index (χ2n) is 5.53. The van der Waals surface area contributed by atoms with E-state index in [-0.39, 0.29) is 11.8 Å². The normalized spacial score (nSPS) is 10.5. The third-order valence-corrected chi connectivity index (χ3v) is 5.77. The SMILES string of the molecule is CCN(CC)C(=O)c1cccc(NC(=O)c2csc(-c3cccs3)n2)c1. The van der Waals surface area contributed by atoms with Crippen molar-refractivity contribution in [2.75, 3.05) is 18.4 Å². The van der Waals surface area contributed by atoms with Crippen LogP contribution in [0.4, 0.5) is 5.69 Å². The molecule has 134 valence electrons. The van der Waals surface area contributed by atoms with Crippen molar-refractivity contribution >= 4 is 40.2 Å². The lowest BCUT2D eigenvalue weighted by Crippen LogP contribution is -2.30. The summed E-state index contributed by atoms with van der Waals surface area (Å²) in [6.45, 7) is 5.19. The van der Waals surface area contributed by atoms with Crippen molar-refractivity contribution in [2.45, 2.75) is 13.8 Å². The van der Waals surface area contributed by atoms with Crippen molar-refractivity contribution in [1.82, 2.24) is 9.88 Å². The summed E-state index contributed by atoms with van der Waals surface area (Å²) in [5, 5.41) is 7.38. The molecule has 0 bridgehead atoms. The van der Waals surface area contributed by atoms with Gasteiger partial charge in [-0.15, -0.1) is 22.7 Å². The molecule has 1 aromatic carbocycles. The third-order valence-electron chi connectivity index (χ3n) is 3.89. The van der Waals surface area contributed by atoms with Gasteiger partial charge in [0.05, 0.1) is 4.88 Å². The van der Waals surface area contributed by atoms with E-state index in [0.717, 1.165) is 9.88 Å². The Morgan fingerprint density at radius 3 is 2.62 bits per heavy atom. The zero-order valence-electron chi connectivity index (χ0n) is 14.6. The van der Waals surface area contributed by atoms with Gasteiger partial charge in [0.15, 0.2) is 0 Å². The van der Waals surface area contributed by atoms with Crippen LogP contribution in [-0.2, 0) is 0 Å². The van der Waals surface area contributed by atoms with E-state index in [4.69, 9.17) is 0 Å². The number of anilines is 1. The molecule has 0 atom stereocenters. The van der Waals surface area contributed by atoms with Crippen LogP contribution in [0.15, 0.2) is 47.2 Å². The largest absolute Gasteiger partial charge is 0.339 e. The molecule has 7 heteroatoms. The Bertz CT molecular complexity index is 899. The summed E-state index contributed by atoms with van der Waals surface area (Å²) in [5.41, 5.74) is 1.52. The predicted molar refractivity (Wildman–Crippen MR) is 107 cm³/mol. The lowest BCUT2D eigenvalue weighted by Gasteiger charge is -2.18. The first-order valence-electron chi connectivity index (χ1n) is 8.32. The molecule has 0 unspecified atom stereocenters. The molecule has 0 radical (unpaired) electrons. The summed E-state index contributed by atoms with van der Waals surface area (Å²) in [5.74, 6) is -0.323. The van der Waals surface area contributed by atoms with Gasteiger partial charge in [-0.05, 0) is 43.5 Å². The summed E-state index contributed by atoms with van der Waals surface area (Å²) in [6, 6.07) is 10.9. The van der Waals surface area contributed by atoms with Crippen molar-refractivity contribution in [3.8, 4) is 9.88 Å². The van der Waals surface area contributed by atoms with Crippen LogP contribution >= 0.6 is 22.7 Å². The minimum absolute atomic E-state index is 0.0419. The molecule has 5 nitrogen and oxygen atoms in total. The summed E-state index contributed by atoms with van der Waals surface area (Å²) in [7, 11) is 0. The first kappa shape index (κ1) is 18.3. The molecule has 2 heterocycles. The highest BCUT2D eigenvalue weighted by molar-refractivity contribution is 7.20. The summed E-state index contributed by atoms with van der Waals surface area (Å²) < 4.78 is 0. The number of thiophene rings is 1. The molecule has 0 aliphatic rings. The predicted octanol–water partition coefficient (Wildman–Crippen LogP) is 4.61. The fraction of sp³-hybridized carbons (Fsp3) is 0.211. The van der Waals surface area contributed by atoms with Crippen molar-refractivity contribution in [3.63, 3.8) is 0 Å². The van der Waals surface area contributed by atoms with Gasteiger partial charge in [-0.1, -0.05) is 12.1 Å². The maximum Gasteiger partial charge on any atom is 0.275 e. The number of nitrogens with one attached hydrogen (secondary N) is 1. The number of benzene rings is 1. The molecule has 0 saturated carbocycles. The maximum absolute atomic E-state index is 12.5. The van der Waals surface area contributed by atoms with Gasteiger partial charge < -0.3 is 10.2 Å². The summed E-state index contributed by atoms with van der Waals surface area (Å²) >= 11 is 3.03. The molecule has 26 heavy (non-hydrogen) atoms. The Balaban J connectivity index is 1.74. The van der Waals surface area contributed by atoms with Gasteiger partial charge in [-0.2, -0.15) is 0 Å². The van der Waals surface area contributed by atoms with E-state index >= 15 is 0 Å². The Kier molecular flexibility index (Phi) is 5.80. The average molecular weight is 386 g/mol. The number of thiazole rings is 1. The Hall–Kier alpha value is -2.51. The minimum atomic E-state index is -0.281. The van der Waals surface area contributed by atoms with E-state index < -0.39 is 0 Å². The van der Waals surface area contributed by atoms with E-state index in [1.165, 1.54) is 11.3 Å². The highest BCUT2D eigenvalue weighted by Gasteiger charge is 2.15. The Labute approximate surface area is 160 Å². The maximum atomic E-state index is 12.5. The van der Waals surface area contributed by atoms with Gasteiger partial charge in [0.25, 0.3) is 11.8 Å². The second-order valence-corrected chi connectivity index (χ2v) is 7.33. The highest BCUT2D eigenvalue weighted by atomic mass is 32.1. The molecule has 0 aliphatic heterocycles.